The summed E-state index contributed by atoms with van der Waals surface area (Å²) in [5.41, 5.74) is 2.55. The van der Waals surface area contributed by atoms with E-state index in [2.05, 4.69) is 5.32 Å². The van der Waals surface area contributed by atoms with E-state index in [1.807, 2.05) is 33.8 Å². The molecule has 0 spiro atoms. The molecule has 1 unspecified atom stereocenters. The van der Waals surface area contributed by atoms with E-state index >= 15 is 0 Å². The fraction of sp³-hybridized carbons (Fsp3) is 0.462. The zero-order valence-corrected chi connectivity index (χ0v) is 24.0. The maximum absolute atomic E-state index is 13.8. The fourth-order valence-electron chi connectivity index (χ4n) is 3.80. The van der Waals surface area contributed by atoms with Crippen molar-refractivity contribution >= 4 is 50.7 Å². The number of amides is 2. The molecule has 0 aliphatic heterocycles. The number of halogens is 2. The van der Waals surface area contributed by atoms with Crippen LogP contribution in [0.15, 0.2) is 36.4 Å². The van der Waals surface area contributed by atoms with Crippen molar-refractivity contribution in [2.45, 2.75) is 53.6 Å². The molecule has 1 atom stereocenters. The molecule has 198 valence electrons. The smallest absolute Gasteiger partial charge is 0.244 e. The molecule has 0 saturated carbocycles. The van der Waals surface area contributed by atoms with E-state index in [1.165, 1.54) is 4.90 Å². The zero-order chi connectivity index (χ0) is 27.2. The number of anilines is 1. The maximum atomic E-state index is 13.8. The standard InChI is InChI=1S/C26H35Cl2N3O4S/c1-7-23(26(33)29-14-17(2)3)30(15-20-21(27)11-9-12-22(20)28)25(32)16-31(36(6,34)35)24-13-8-10-18(4)19(24)5/h8-13,17,23H,7,14-16H2,1-6H3,(H,29,33). The minimum Gasteiger partial charge on any atom is -0.354 e. The zero-order valence-electron chi connectivity index (χ0n) is 21.6. The highest BCUT2D eigenvalue weighted by atomic mass is 35.5. The molecule has 0 saturated heterocycles. The largest absolute Gasteiger partial charge is 0.354 e. The Morgan fingerprint density at radius 2 is 1.61 bits per heavy atom. The SMILES string of the molecule is CCC(C(=O)NCC(C)C)N(Cc1c(Cl)cccc1Cl)C(=O)CN(c1cccc(C)c1C)S(C)(=O)=O. The lowest BCUT2D eigenvalue weighted by Gasteiger charge is -2.33. The minimum atomic E-state index is -3.82. The van der Waals surface area contributed by atoms with Crippen molar-refractivity contribution in [1.82, 2.24) is 10.2 Å². The first kappa shape index (κ1) is 29.9. The topological polar surface area (TPSA) is 86.8 Å². The Balaban J connectivity index is 2.53. The van der Waals surface area contributed by atoms with Gasteiger partial charge in [-0.05, 0) is 55.5 Å². The second-order valence-electron chi connectivity index (χ2n) is 9.27. The van der Waals surface area contributed by atoms with Gasteiger partial charge in [-0.25, -0.2) is 8.42 Å². The van der Waals surface area contributed by atoms with Gasteiger partial charge in [0, 0.05) is 28.7 Å². The van der Waals surface area contributed by atoms with Crippen molar-refractivity contribution in [3.05, 3.63) is 63.1 Å². The third-order valence-corrected chi connectivity index (χ3v) is 7.82. The van der Waals surface area contributed by atoms with E-state index in [0.717, 1.165) is 21.7 Å². The Hall–Kier alpha value is -2.29. The molecule has 0 aliphatic carbocycles. The molecule has 36 heavy (non-hydrogen) atoms. The molecule has 0 heterocycles. The van der Waals surface area contributed by atoms with Gasteiger partial charge in [0.05, 0.1) is 11.9 Å². The summed E-state index contributed by atoms with van der Waals surface area (Å²) in [5.74, 6) is -0.636. The molecule has 0 radical (unpaired) electrons. The van der Waals surface area contributed by atoms with Gasteiger partial charge in [0.25, 0.3) is 0 Å². The number of nitrogens with zero attached hydrogens (tertiary/aromatic N) is 2. The van der Waals surface area contributed by atoms with E-state index in [1.54, 1.807) is 37.3 Å². The molecule has 7 nitrogen and oxygen atoms in total. The number of hydrogen-bond donors (Lipinski definition) is 1. The van der Waals surface area contributed by atoms with Crippen LogP contribution in [0, 0.1) is 19.8 Å². The van der Waals surface area contributed by atoms with E-state index in [0.29, 0.717) is 34.3 Å². The molecule has 0 bridgehead atoms. The quantitative estimate of drug-likeness (QED) is 0.424. The van der Waals surface area contributed by atoms with Gasteiger partial charge in [0.15, 0.2) is 0 Å². The summed E-state index contributed by atoms with van der Waals surface area (Å²) in [6, 6.07) is 9.45. The second-order valence-corrected chi connectivity index (χ2v) is 12.0. The van der Waals surface area contributed by atoms with Gasteiger partial charge >= 0.3 is 0 Å². The highest BCUT2D eigenvalue weighted by Crippen LogP contribution is 2.29. The van der Waals surface area contributed by atoms with E-state index in [9.17, 15) is 18.0 Å². The number of nitrogens with one attached hydrogen (secondary N) is 1. The van der Waals surface area contributed by atoms with Gasteiger partial charge in [0.2, 0.25) is 21.8 Å². The molecule has 2 amide bonds. The summed E-state index contributed by atoms with van der Waals surface area (Å²) in [6.45, 7) is 9.36. The summed E-state index contributed by atoms with van der Waals surface area (Å²) in [7, 11) is -3.82. The molecule has 2 aromatic rings. The Labute approximate surface area is 224 Å². The lowest BCUT2D eigenvalue weighted by atomic mass is 10.1. The Morgan fingerprint density at radius 3 is 2.14 bits per heavy atom. The molecule has 0 fully saturated rings. The normalized spacial score (nSPS) is 12.4. The van der Waals surface area contributed by atoms with Crippen molar-refractivity contribution < 1.29 is 18.0 Å². The van der Waals surface area contributed by atoms with Crippen LogP contribution in [0.1, 0.15) is 43.9 Å². The lowest BCUT2D eigenvalue weighted by molar-refractivity contribution is -0.140. The summed E-state index contributed by atoms with van der Waals surface area (Å²) in [5, 5.41) is 3.59. The third-order valence-electron chi connectivity index (χ3n) is 5.98. The van der Waals surface area contributed by atoms with Crippen LogP contribution in [0.25, 0.3) is 0 Å². The third kappa shape index (κ3) is 7.60. The van der Waals surface area contributed by atoms with E-state index < -0.39 is 28.5 Å². The second kappa shape index (κ2) is 12.8. The molecule has 1 N–H and O–H groups in total. The fourth-order valence-corrected chi connectivity index (χ4v) is 5.21. The number of sulfonamides is 1. The average molecular weight is 557 g/mol. The van der Waals surface area contributed by atoms with Crippen LogP contribution in [-0.2, 0) is 26.2 Å². The molecule has 10 heteroatoms. The first-order valence-electron chi connectivity index (χ1n) is 11.8. The number of hydrogen-bond acceptors (Lipinski definition) is 4. The molecule has 0 aliphatic rings. The first-order valence-corrected chi connectivity index (χ1v) is 14.4. The molecular formula is C26H35Cl2N3O4S. The van der Waals surface area contributed by atoms with Gasteiger partial charge in [0.1, 0.15) is 12.6 Å². The summed E-state index contributed by atoms with van der Waals surface area (Å²) in [6.07, 6.45) is 1.38. The van der Waals surface area contributed by atoms with Gasteiger partial charge < -0.3 is 10.2 Å². The van der Waals surface area contributed by atoms with E-state index in [-0.39, 0.29) is 18.4 Å². The number of rotatable bonds is 11. The predicted molar refractivity (Wildman–Crippen MR) is 147 cm³/mol. The number of aryl methyl sites for hydroxylation is 1. The minimum absolute atomic E-state index is 0.0463. The van der Waals surface area contributed by atoms with Crippen LogP contribution < -0.4 is 9.62 Å². The average Bonchev–Trinajstić information content (AvgIpc) is 2.79. The monoisotopic (exact) mass is 555 g/mol. The maximum Gasteiger partial charge on any atom is 0.244 e. The van der Waals surface area contributed by atoms with Crippen LogP contribution in [0.4, 0.5) is 5.69 Å². The molecule has 0 aromatic heterocycles. The van der Waals surface area contributed by atoms with E-state index in [4.69, 9.17) is 23.2 Å². The predicted octanol–water partition coefficient (Wildman–Crippen LogP) is 4.96. The van der Waals surface area contributed by atoms with Crippen LogP contribution in [0.5, 0.6) is 0 Å². The highest BCUT2D eigenvalue weighted by Gasteiger charge is 2.33. The van der Waals surface area contributed by atoms with Gasteiger partial charge in [-0.1, -0.05) is 62.2 Å². The van der Waals surface area contributed by atoms with Crippen molar-refractivity contribution in [1.29, 1.82) is 0 Å². The van der Waals surface area contributed by atoms with Crippen LogP contribution in [0.2, 0.25) is 10.0 Å². The van der Waals surface area contributed by atoms with Gasteiger partial charge in [-0.2, -0.15) is 0 Å². The number of carbonyl (C=O) groups excluding carboxylic acids is 2. The Kier molecular flexibility index (Phi) is 10.6. The Bertz CT molecular complexity index is 1180. The summed E-state index contributed by atoms with van der Waals surface area (Å²) < 4.78 is 26.7. The van der Waals surface area contributed by atoms with Gasteiger partial charge in [-0.3, -0.25) is 13.9 Å². The van der Waals surface area contributed by atoms with Crippen molar-refractivity contribution in [2.75, 3.05) is 23.7 Å². The number of carbonyl (C=O) groups is 2. The number of benzene rings is 2. The van der Waals surface area contributed by atoms with Crippen LogP contribution in [0.3, 0.4) is 0 Å². The van der Waals surface area contributed by atoms with Crippen LogP contribution in [-0.4, -0.2) is 50.5 Å². The lowest BCUT2D eigenvalue weighted by Crippen LogP contribution is -2.52. The first-order chi connectivity index (χ1) is 16.8. The highest BCUT2D eigenvalue weighted by molar-refractivity contribution is 7.92. The van der Waals surface area contributed by atoms with Gasteiger partial charge in [-0.15, -0.1) is 0 Å². The van der Waals surface area contributed by atoms with Crippen LogP contribution >= 0.6 is 23.2 Å². The van der Waals surface area contributed by atoms with Crippen molar-refractivity contribution in [3.8, 4) is 0 Å². The summed E-state index contributed by atoms with van der Waals surface area (Å²) >= 11 is 12.8. The summed E-state index contributed by atoms with van der Waals surface area (Å²) in [4.78, 5) is 28.3. The Morgan fingerprint density at radius 1 is 1.03 bits per heavy atom. The molecule has 2 aromatic carbocycles. The van der Waals surface area contributed by atoms with Crippen molar-refractivity contribution in [2.24, 2.45) is 5.92 Å². The molecule has 2 rings (SSSR count). The molecular weight excluding hydrogens is 521 g/mol. The van der Waals surface area contributed by atoms with Crippen molar-refractivity contribution in [3.63, 3.8) is 0 Å².